The zero-order chi connectivity index (χ0) is 18.2. The van der Waals surface area contributed by atoms with E-state index in [1.807, 2.05) is 29.2 Å². The van der Waals surface area contributed by atoms with Crippen LogP contribution in [0, 0.1) is 5.92 Å². The van der Waals surface area contributed by atoms with Crippen molar-refractivity contribution < 1.29 is 19.4 Å². The summed E-state index contributed by atoms with van der Waals surface area (Å²) in [5.41, 5.74) is 1.12. The normalized spacial score (nSPS) is 23.2. The summed E-state index contributed by atoms with van der Waals surface area (Å²) in [7, 11) is 2.13. The van der Waals surface area contributed by atoms with Crippen LogP contribution in [-0.2, 0) is 20.7 Å². The number of carbonyl (C=O) groups excluding carboxylic acids is 1. The standard InChI is InChI=1S/C17H23ClN2O2.CH2O2/c1-19-8-14-9-20(10-16(19)12-22-11-14)17(21)6-5-13-3-2-4-15(18)7-13;2-1-3/h2-4,7,14,16H,5-6,8-12H2,1H3;1H,(H,2,3)/t14-,16+;/m1./s1. The van der Waals surface area contributed by atoms with Gasteiger partial charge in [0.15, 0.2) is 0 Å². The van der Waals surface area contributed by atoms with Crippen LogP contribution >= 0.6 is 11.6 Å². The van der Waals surface area contributed by atoms with E-state index < -0.39 is 0 Å². The first-order valence-corrected chi connectivity index (χ1v) is 8.79. The molecule has 0 unspecified atom stereocenters. The Bertz CT molecular complexity index is 584. The molecule has 2 atom stereocenters. The van der Waals surface area contributed by atoms with Crippen LogP contribution in [0.3, 0.4) is 0 Å². The Balaban J connectivity index is 0.000000701. The SMILES string of the molecule is CN1C[C@H]2COC[C@@H]1CN(C(=O)CCc1cccc(Cl)c1)C2.O=CO. The molecule has 2 heterocycles. The van der Waals surface area contributed by atoms with Crippen molar-refractivity contribution in [3.63, 3.8) is 0 Å². The third-order valence-corrected chi connectivity index (χ3v) is 4.85. The average Bonchev–Trinajstić information content (AvgIpc) is 2.82. The molecule has 3 rings (SSSR count). The minimum absolute atomic E-state index is 0.243. The number of benzene rings is 1. The van der Waals surface area contributed by atoms with Crippen LogP contribution in [0.1, 0.15) is 12.0 Å². The molecule has 2 aliphatic heterocycles. The summed E-state index contributed by atoms with van der Waals surface area (Å²) in [5, 5.41) is 7.62. The van der Waals surface area contributed by atoms with Crippen LogP contribution in [0.2, 0.25) is 5.02 Å². The van der Waals surface area contributed by atoms with Gasteiger partial charge in [-0.15, -0.1) is 0 Å². The third-order valence-electron chi connectivity index (χ3n) is 4.61. The van der Waals surface area contributed by atoms with E-state index in [-0.39, 0.29) is 12.4 Å². The largest absolute Gasteiger partial charge is 0.483 e. The number of amides is 1. The number of ether oxygens (including phenoxy) is 1. The first kappa shape index (κ1) is 19.7. The highest BCUT2D eigenvalue weighted by Crippen LogP contribution is 2.19. The van der Waals surface area contributed by atoms with E-state index in [1.54, 1.807) is 0 Å². The second-order valence-electron chi connectivity index (χ2n) is 6.53. The van der Waals surface area contributed by atoms with Crippen molar-refractivity contribution in [1.29, 1.82) is 0 Å². The van der Waals surface area contributed by atoms with E-state index in [9.17, 15) is 4.79 Å². The lowest BCUT2D eigenvalue weighted by Crippen LogP contribution is -2.44. The maximum atomic E-state index is 12.6. The summed E-state index contributed by atoms with van der Waals surface area (Å²) in [6.45, 7) is 3.85. The van der Waals surface area contributed by atoms with Gasteiger partial charge in [-0.1, -0.05) is 23.7 Å². The van der Waals surface area contributed by atoms with Gasteiger partial charge < -0.3 is 14.7 Å². The van der Waals surface area contributed by atoms with Crippen LogP contribution in [0.15, 0.2) is 24.3 Å². The van der Waals surface area contributed by atoms with E-state index in [4.69, 9.17) is 26.2 Å². The fourth-order valence-corrected chi connectivity index (χ4v) is 3.57. The lowest BCUT2D eigenvalue weighted by atomic mass is 10.1. The quantitative estimate of drug-likeness (QED) is 0.823. The van der Waals surface area contributed by atoms with Gasteiger partial charge in [0.05, 0.1) is 19.3 Å². The zero-order valence-corrected chi connectivity index (χ0v) is 15.2. The summed E-state index contributed by atoms with van der Waals surface area (Å²) in [6, 6.07) is 8.08. The molecule has 2 aliphatic rings. The molecular weight excluding hydrogens is 344 g/mol. The van der Waals surface area contributed by atoms with Gasteiger partial charge in [-0.2, -0.15) is 0 Å². The van der Waals surface area contributed by atoms with Crippen LogP contribution in [-0.4, -0.2) is 73.2 Å². The number of likely N-dealkylation sites (N-methyl/N-ethyl adjacent to an activating group) is 1. The Hall–Kier alpha value is -1.63. The Morgan fingerprint density at radius 2 is 2.12 bits per heavy atom. The van der Waals surface area contributed by atoms with Crippen molar-refractivity contribution in [3.05, 3.63) is 34.9 Å². The lowest BCUT2D eigenvalue weighted by molar-refractivity contribution is -0.133. The molecule has 0 radical (unpaired) electrons. The zero-order valence-electron chi connectivity index (χ0n) is 14.4. The van der Waals surface area contributed by atoms with Gasteiger partial charge in [-0.25, -0.2) is 0 Å². The molecule has 1 aromatic carbocycles. The van der Waals surface area contributed by atoms with E-state index in [2.05, 4.69) is 11.9 Å². The number of fused-ring (bicyclic) bond motifs is 3. The maximum Gasteiger partial charge on any atom is 0.290 e. The fraction of sp³-hybridized carbons (Fsp3) is 0.556. The molecule has 1 N–H and O–H groups in total. The number of nitrogens with zero attached hydrogens (tertiary/aromatic N) is 2. The average molecular weight is 369 g/mol. The maximum absolute atomic E-state index is 12.6. The topological polar surface area (TPSA) is 70.1 Å². The van der Waals surface area contributed by atoms with Crippen LogP contribution in [0.4, 0.5) is 0 Å². The van der Waals surface area contributed by atoms with Gasteiger partial charge in [0.2, 0.25) is 5.91 Å². The molecular formula is C18H25ClN2O4. The number of rotatable bonds is 3. The molecule has 7 heteroatoms. The van der Waals surface area contributed by atoms with Crippen molar-refractivity contribution in [2.75, 3.05) is 39.9 Å². The smallest absolute Gasteiger partial charge is 0.290 e. The van der Waals surface area contributed by atoms with Crippen LogP contribution < -0.4 is 0 Å². The van der Waals surface area contributed by atoms with Crippen molar-refractivity contribution in [2.45, 2.75) is 18.9 Å². The number of carboxylic acid groups (broad SMARTS) is 1. The van der Waals surface area contributed by atoms with E-state index in [0.717, 1.165) is 49.9 Å². The lowest BCUT2D eigenvalue weighted by Gasteiger charge is -2.29. The Morgan fingerprint density at radius 1 is 1.36 bits per heavy atom. The molecule has 25 heavy (non-hydrogen) atoms. The summed E-state index contributed by atoms with van der Waals surface area (Å²) in [6.07, 6.45) is 1.29. The van der Waals surface area contributed by atoms with Crippen molar-refractivity contribution >= 4 is 24.0 Å². The third kappa shape index (κ3) is 5.99. The van der Waals surface area contributed by atoms with Crippen molar-refractivity contribution in [1.82, 2.24) is 9.80 Å². The van der Waals surface area contributed by atoms with E-state index in [1.165, 1.54) is 0 Å². The number of halogens is 1. The van der Waals surface area contributed by atoms with Gasteiger partial charge >= 0.3 is 0 Å². The molecule has 1 aromatic rings. The predicted molar refractivity (Wildman–Crippen MR) is 95.8 cm³/mol. The number of hydrogen-bond donors (Lipinski definition) is 1. The Morgan fingerprint density at radius 3 is 2.84 bits per heavy atom. The van der Waals surface area contributed by atoms with E-state index >= 15 is 0 Å². The summed E-state index contributed by atoms with van der Waals surface area (Å²) >= 11 is 6.00. The second kappa shape index (κ2) is 9.75. The van der Waals surface area contributed by atoms with Gasteiger partial charge in [0, 0.05) is 37.0 Å². The first-order valence-electron chi connectivity index (χ1n) is 8.41. The molecule has 138 valence electrons. The minimum atomic E-state index is -0.250. The summed E-state index contributed by atoms with van der Waals surface area (Å²) in [5.74, 6) is 0.666. The Labute approximate surface area is 153 Å². The fourth-order valence-electron chi connectivity index (χ4n) is 3.36. The summed E-state index contributed by atoms with van der Waals surface area (Å²) < 4.78 is 5.71. The molecule has 1 amide bonds. The number of carbonyl (C=O) groups is 2. The Kier molecular flexibility index (Phi) is 7.68. The van der Waals surface area contributed by atoms with E-state index in [0.29, 0.717) is 18.4 Å². The van der Waals surface area contributed by atoms with Crippen LogP contribution in [0.25, 0.3) is 0 Å². The first-order chi connectivity index (χ1) is 12.0. The molecule has 0 aliphatic carbocycles. The summed E-state index contributed by atoms with van der Waals surface area (Å²) in [4.78, 5) is 25.3. The highest BCUT2D eigenvalue weighted by Gasteiger charge is 2.32. The molecule has 2 saturated heterocycles. The molecule has 2 bridgehead atoms. The van der Waals surface area contributed by atoms with Crippen molar-refractivity contribution in [2.24, 2.45) is 5.92 Å². The number of hydrogen-bond acceptors (Lipinski definition) is 4. The predicted octanol–water partition coefficient (Wildman–Crippen LogP) is 1.76. The highest BCUT2D eigenvalue weighted by molar-refractivity contribution is 6.30. The molecule has 0 aromatic heterocycles. The van der Waals surface area contributed by atoms with Gasteiger partial charge in [0.25, 0.3) is 6.47 Å². The van der Waals surface area contributed by atoms with Crippen LogP contribution in [0.5, 0.6) is 0 Å². The molecule has 6 nitrogen and oxygen atoms in total. The number of aryl methyl sites for hydroxylation is 1. The van der Waals surface area contributed by atoms with Gasteiger partial charge in [-0.05, 0) is 31.2 Å². The highest BCUT2D eigenvalue weighted by atomic mass is 35.5. The van der Waals surface area contributed by atoms with Crippen molar-refractivity contribution in [3.8, 4) is 0 Å². The minimum Gasteiger partial charge on any atom is -0.483 e. The molecule has 0 spiro atoms. The monoisotopic (exact) mass is 368 g/mol. The molecule has 2 fully saturated rings. The van der Waals surface area contributed by atoms with Gasteiger partial charge in [-0.3, -0.25) is 14.5 Å². The second-order valence-corrected chi connectivity index (χ2v) is 6.97. The molecule has 0 saturated carbocycles. The van der Waals surface area contributed by atoms with Gasteiger partial charge in [0.1, 0.15) is 0 Å².